The van der Waals surface area contributed by atoms with Gasteiger partial charge in [0.25, 0.3) is 10.0 Å². The molecule has 2 aromatic rings. The number of nitrogens with one attached hydrogen (secondary N) is 1. The Kier molecular flexibility index (Phi) is 5.92. The number of carbonyl (C=O) groups is 1. The van der Waals surface area contributed by atoms with Gasteiger partial charge < -0.3 is 4.74 Å². The first kappa shape index (κ1) is 17.5. The van der Waals surface area contributed by atoms with Gasteiger partial charge in [0.1, 0.15) is 0 Å². The van der Waals surface area contributed by atoms with E-state index in [9.17, 15) is 13.2 Å². The molecule has 0 spiro atoms. The number of anilines is 1. The van der Waals surface area contributed by atoms with E-state index in [0.29, 0.717) is 11.3 Å². The Balaban J connectivity index is 2.11. The van der Waals surface area contributed by atoms with Gasteiger partial charge in [0.2, 0.25) is 0 Å². The summed E-state index contributed by atoms with van der Waals surface area (Å²) in [7, 11) is -2.34. The number of sulfonamides is 1. The van der Waals surface area contributed by atoms with Crippen molar-refractivity contribution in [1.82, 2.24) is 0 Å². The molecule has 0 unspecified atom stereocenters. The fraction of sp³-hybridized carbons (Fsp3) is 0.0556. The summed E-state index contributed by atoms with van der Waals surface area (Å²) in [6, 6.07) is 15.8. The standard InChI is InChI=1S/C18H17NO4S/c1-23-18(20)11-10-16-8-5-9-17(14-16)19-24(21,22)13-12-15-6-3-2-4-7-15/h2-14,19H,1H3. The maximum atomic E-state index is 12.1. The van der Waals surface area contributed by atoms with E-state index >= 15 is 0 Å². The highest BCUT2D eigenvalue weighted by atomic mass is 32.2. The largest absolute Gasteiger partial charge is 0.466 e. The molecular weight excluding hydrogens is 326 g/mol. The van der Waals surface area contributed by atoms with E-state index in [1.54, 1.807) is 30.3 Å². The number of hydrogen-bond donors (Lipinski definition) is 1. The number of esters is 1. The molecule has 0 fully saturated rings. The van der Waals surface area contributed by atoms with Crippen LogP contribution in [0.2, 0.25) is 0 Å². The molecule has 2 rings (SSSR count). The fourth-order valence-electron chi connectivity index (χ4n) is 1.87. The first-order chi connectivity index (χ1) is 11.5. The van der Waals surface area contributed by atoms with Crippen LogP contribution in [-0.2, 0) is 19.6 Å². The molecule has 0 aliphatic carbocycles. The SMILES string of the molecule is COC(=O)C=Cc1cccc(NS(=O)(=O)C=Cc2ccccc2)c1. The van der Waals surface area contributed by atoms with Gasteiger partial charge >= 0.3 is 5.97 Å². The average Bonchev–Trinajstić information content (AvgIpc) is 2.59. The molecule has 0 radical (unpaired) electrons. The number of benzene rings is 2. The minimum absolute atomic E-state index is 0.403. The lowest BCUT2D eigenvalue weighted by atomic mass is 10.2. The average molecular weight is 343 g/mol. The van der Waals surface area contributed by atoms with Gasteiger partial charge in [-0.25, -0.2) is 13.2 Å². The van der Waals surface area contributed by atoms with Gasteiger partial charge in [-0.05, 0) is 35.4 Å². The third-order valence-electron chi connectivity index (χ3n) is 3.00. The van der Waals surface area contributed by atoms with E-state index in [1.165, 1.54) is 19.3 Å². The summed E-state index contributed by atoms with van der Waals surface area (Å²) in [5, 5.41) is 1.11. The maximum Gasteiger partial charge on any atom is 0.330 e. The number of hydrogen-bond acceptors (Lipinski definition) is 4. The molecule has 0 aliphatic rings. The maximum absolute atomic E-state index is 12.1. The molecule has 0 saturated heterocycles. The Hall–Kier alpha value is -2.86. The van der Waals surface area contributed by atoms with Crippen LogP contribution in [0.4, 0.5) is 5.69 Å². The van der Waals surface area contributed by atoms with Crippen molar-refractivity contribution in [2.24, 2.45) is 0 Å². The summed E-state index contributed by atoms with van der Waals surface area (Å²) >= 11 is 0. The normalized spacial score (nSPS) is 11.7. The highest BCUT2D eigenvalue weighted by Crippen LogP contribution is 2.15. The molecule has 0 amide bonds. The van der Waals surface area contributed by atoms with E-state index in [-0.39, 0.29) is 0 Å². The summed E-state index contributed by atoms with van der Waals surface area (Å²) in [5.41, 5.74) is 1.87. The molecule has 6 heteroatoms. The third-order valence-corrected chi connectivity index (χ3v) is 4.01. The second-order valence-electron chi connectivity index (χ2n) is 4.84. The van der Waals surface area contributed by atoms with Gasteiger partial charge in [-0.1, -0.05) is 42.5 Å². The van der Waals surface area contributed by atoms with E-state index in [0.717, 1.165) is 11.0 Å². The van der Waals surface area contributed by atoms with Crippen molar-refractivity contribution < 1.29 is 17.9 Å². The van der Waals surface area contributed by atoms with Crippen molar-refractivity contribution >= 4 is 33.8 Å². The minimum Gasteiger partial charge on any atom is -0.466 e. The van der Waals surface area contributed by atoms with Crippen molar-refractivity contribution in [2.75, 3.05) is 11.8 Å². The number of carbonyl (C=O) groups excluding carboxylic acids is 1. The highest BCUT2D eigenvalue weighted by Gasteiger charge is 2.05. The quantitative estimate of drug-likeness (QED) is 0.645. The monoisotopic (exact) mass is 343 g/mol. The zero-order valence-electron chi connectivity index (χ0n) is 13.0. The predicted molar refractivity (Wildman–Crippen MR) is 95.5 cm³/mol. The minimum atomic E-state index is -3.63. The van der Waals surface area contributed by atoms with Gasteiger partial charge in [-0.3, -0.25) is 4.72 Å². The number of rotatable bonds is 6. The summed E-state index contributed by atoms with van der Waals surface area (Å²) in [6.07, 6.45) is 4.33. The van der Waals surface area contributed by atoms with E-state index in [4.69, 9.17) is 0 Å². The van der Waals surface area contributed by atoms with E-state index in [2.05, 4.69) is 9.46 Å². The molecule has 0 saturated carbocycles. The zero-order valence-corrected chi connectivity index (χ0v) is 13.9. The van der Waals surface area contributed by atoms with Crippen molar-refractivity contribution in [3.8, 4) is 0 Å². The Morgan fingerprint density at radius 3 is 2.42 bits per heavy atom. The van der Waals surface area contributed by atoms with Crippen LogP contribution in [0.5, 0.6) is 0 Å². The first-order valence-electron chi connectivity index (χ1n) is 7.10. The van der Waals surface area contributed by atoms with E-state index < -0.39 is 16.0 Å². The Labute approximate surface area is 141 Å². The smallest absolute Gasteiger partial charge is 0.330 e. The molecule has 124 valence electrons. The fourth-order valence-corrected chi connectivity index (χ4v) is 2.73. The summed E-state index contributed by atoms with van der Waals surface area (Å²) in [5.74, 6) is -0.480. The van der Waals surface area contributed by atoms with Gasteiger partial charge in [0.05, 0.1) is 12.5 Å². The van der Waals surface area contributed by atoms with Gasteiger partial charge in [-0.15, -0.1) is 0 Å². The molecule has 2 aromatic carbocycles. The van der Waals surface area contributed by atoms with Crippen LogP contribution in [0.3, 0.4) is 0 Å². The van der Waals surface area contributed by atoms with Crippen molar-refractivity contribution in [1.29, 1.82) is 0 Å². The summed E-state index contributed by atoms with van der Waals surface area (Å²) in [6.45, 7) is 0. The second-order valence-corrected chi connectivity index (χ2v) is 6.41. The van der Waals surface area contributed by atoms with Gasteiger partial charge in [0.15, 0.2) is 0 Å². The zero-order chi connectivity index (χ0) is 17.4. The lowest BCUT2D eigenvalue weighted by Gasteiger charge is -2.05. The van der Waals surface area contributed by atoms with Crippen LogP contribution in [0.1, 0.15) is 11.1 Å². The molecule has 24 heavy (non-hydrogen) atoms. The van der Waals surface area contributed by atoms with Gasteiger partial charge in [-0.2, -0.15) is 0 Å². The van der Waals surface area contributed by atoms with Crippen molar-refractivity contribution in [3.05, 3.63) is 77.2 Å². The van der Waals surface area contributed by atoms with Crippen LogP contribution in [0.15, 0.2) is 66.1 Å². The van der Waals surface area contributed by atoms with Crippen LogP contribution in [0.25, 0.3) is 12.2 Å². The summed E-state index contributed by atoms with van der Waals surface area (Å²) in [4.78, 5) is 11.1. The van der Waals surface area contributed by atoms with Crippen molar-refractivity contribution in [2.45, 2.75) is 0 Å². The van der Waals surface area contributed by atoms with Crippen molar-refractivity contribution in [3.63, 3.8) is 0 Å². The van der Waals surface area contributed by atoms with Crippen LogP contribution < -0.4 is 4.72 Å². The third kappa shape index (κ3) is 5.73. The molecule has 5 nitrogen and oxygen atoms in total. The molecule has 0 bridgehead atoms. The number of ether oxygens (including phenoxy) is 1. The lowest BCUT2D eigenvalue weighted by molar-refractivity contribution is -0.134. The van der Waals surface area contributed by atoms with Crippen LogP contribution in [-0.4, -0.2) is 21.5 Å². The number of methoxy groups -OCH3 is 1. The van der Waals surface area contributed by atoms with E-state index in [1.807, 2.05) is 30.3 Å². The Morgan fingerprint density at radius 2 is 1.71 bits per heavy atom. The first-order valence-corrected chi connectivity index (χ1v) is 8.65. The predicted octanol–water partition coefficient (Wildman–Crippen LogP) is 3.29. The van der Waals surface area contributed by atoms with Crippen LogP contribution in [0, 0.1) is 0 Å². The molecule has 1 N–H and O–H groups in total. The Bertz CT molecular complexity index is 856. The topological polar surface area (TPSA) is 72.5 Å². The second kappa shape index (κ2) is 8.12. The lowest BCUT2D eigenvalue weighted by Crippen LogP contribution is -2.08. The molecular formula is C18H17NO4S. The van der Waals surface area contributed by atoms with Gasteiger partial charge in [0, 0.05) is 11.8 Å². The highest BCUT2D eigenvalue weighted by molar-refractivity contribution is 7.95. The van der Waals surface area contributed by atoms with Crippen LogP contribution >= 0.6 is 0 Å². The molecule has 0 aliphatic heterocycles. The Morgan fingerprint density at radius 1 is 1.00 bits per heavy atom. The molecule has 0 atom stereocenters. The molecule has 0 aromatic heterocycles. The molecule has 0 heterocycles. The summed E-state index contributed by atoms with van der Waals surface area (Å²) < 4.78 is 31.2.